The number of carbonyl (C=O) groups excluding carboxylic acids is 1. The third kappa shape index (κ3) is 5.02. The summed E-state index contributed by atoms with van der Waals surface area (Å²) in [5.41, 5.74) is 0. The van der Waals surface area contributed by atoms with E-state index in [0.29, 0.717) is 12.5 Å². The second-order valence-electron chi connectivity index (χ2n) is 2.23. The predicted octanol–water partition coefficient (Wildman–Crippen LogP) is 2.01. The van der Waals surface area contributed by atoms with Crippen LogP contribution in [0, 0.1) is 5.92 Å². The van der Waals surface area contributed by atoms with Crippen molar-refractivity contribution < 1.29 is 9.53 Å². The van der Waals surface area contributed by atoms with Crippen molar-refractivity contribution in [2.24, 2.45) is 5.92 Å². The second-order valence-corrected chi connectivity index (χ2v) is 3.11. The zero-order chi connectivity index (χ0) is 7.98. The van der Waals surface area contributed by atoms with E-state index < -0.39 is 0 Å². The zero-order valence-electron chi connectivity index (χ0n) is 6.39. The Labute approximate surface area is 75.5 Å². The van der Waals surface area contributed by atoms with E-state index >= 15 is 0 Å². The van der Waals surface area contributed by atoms with E-state index in [-0.39, 0.29) is 5.97 Å². The van der Waals surface area contributed by atoms with Gasteiger partial charge in [-0.25, -0.2) is 0 Å². The predicted molar refractivity (Wildman–Crippen MR) is 49.3 cm³/mol. The molecule has 60 valence electrons. The Morgan fingerprint density at radius 3 is 2.60 bits per heavy atom. The van der Waals surface area contributed by atoms with Gasteiger partial charge in [-0.05, 0) is 6.42 Å². The molecule has 0 N–H and O–H groups in total. The molecular weight excluding hydrogens is 243 g/mol. The third-order valence-electron chi connectivity index (χ3n) is 1.32. The van der Waals surface area contributed by atoms with Gasteiger partial charge < -0.3 is 4.74 Å². The summed E-state index contributed by atoms with van der Waals surface area (Å²) in [4.78, 5) is 10.4. The van der Waals surface area contributed by atoms with Crippen molar-refractivity contribution in [1.82, 2.24) is 0 Å². The summed E-state index contributed by atoms with van der Waals surface area (Å²) in [6, 6.07) is 0. The van der Waals surface area contributed by atoms with Crippen LogP contribution in [0.15, 0.2) is 0 Å². The third-order valence-corrected chi connectivity index (χ3v) is 2.56. The van der Waals surface area contributed by atoms with Gasteiger partial charge in [0.05, 0.1) is 6.61 Å². The highest BCUT2D eigenvalue weighted by Crippen LogP contribution is 2.06. The van der Waals surface area contributed by atoms with Crippen LogP contribution in [0.5, 0.6) is 0 Å². The van der Waals surface area contributed by atoms with Crippen molar-refractivity contribution in [2.75, 3.05) is 11.0 Å². The number of carbonyl (C=O) groups is 1. The van der Waals surface area contributed by atoms with Gasteiger partial charge >= 0.3 is 5.97 Å². The molecule has 2 nitrogen and oxygen atoms in total. The Morgan fingerprint density at radius 2 is 2.30 bits per heavy atom. The highest BCUT2D eigenvalue weighted by atomic mass is 127. The van der Waals surface area contributed by atoms with Crippen LogP contribution in [-0.2, 0) is 9.53 Å². The Balaban J connectivity index is 3.34. The molecule has 0 heterocycles. The van der Waals surface area contributed by atoms with E-state index in [2.05, 4.69) is 29.5 Å². The average molecular weight is 256 g/mol. The van der Waals surface area contributed by atoms with E-state index in [1.165, 1.54) is 6.92 Å². The normalized spacial score (nSPS) is 12.7. The van der Waals surface area contributed by atoms with Crippen LogP contribution in [-0.4, -0.2) is 17.0 Å². The number of rotatable bonds is 4. The van der Waals surface area contributed by atoms with Crippen LogP contribution < -0.4 is 0 Å². The van der Waals surface area contributed by atoms with Gasteiger partial charge in [0.15, 0.2) is 0 Å². The minimum atomic E-state index is -0.177. The van der Waals surface area contributed by atoms with Crippen molar-refractivity contribution in [3.8, 4) is 0 Å². The van der Waals surface area contributed by atoms with Crippen molar-refractivity contribution in [2.45, 2.75) is 20.3 Å². The molecule has 0 saturated heterocycles. The molecular formula is C7H13IO2. The lowest BCUT2D eigenvalue weighted by Gasteiger charge is -2.09. The summed E-state index contributed by atoms with van der Waals surface area (Å²) in [6.07, 6.45) is 1.08. The molecule has 0 saturated carbocycles. The largest absolute Gasteiger partial charge is 0.466 e. The Hall–Kier alpha value is 0.200. The first-order chi connectivity index (χ1) is 4.70. The summed E-state index contributed by atoms with van der Waals surface area (Å²) in [5.74, 6) is 0.354. The van der Waals surface area contributed by atoms with E-state index in [9.17, 15) is 4.79 Å². The second kappa shape index (κ2) is 5.95. The van der Waals surface area contributed by atoms with E-state index in [1.807, 2.05) is 0 Å². The maximum atomic E-state index is 10.4. The summed E-state index contributed by atoms with van der Waals surface area (Å²) in [5, 5.41) is 0. The van der Waals surface area contributed by atoms with Gasteiger partial charge in [-0.2, -0.15) is 0 Å². The van der Waals surface area contributed by atoms with Gasteiger partial charge in [-0.3, -0.25) is 4.79 Å². The molecule has 0 aromatic rings. The van der Waals surface area contributed by atoms with Crippen molar-refractivity contribution in [3.63, 3.8) is 0 Å². The molecule has 0 aromatic heterocycles. The van der Waals surface area contributed by atoms with Gasteiger partial charge in [0, 0.05) is 17.3 Å². The lowest BCUT2D eigenvalue weighted by atomic mass is 10.1. The van der Waals surface area contributed by atoms with E-state index in [0.717, 1.165) is 10.8 Å². The Morgan fingerprint density at radius 1 is 1.70 bits per heavy atom. The molecule has 0 spiro atoms. The van der Waals surface area contributed by atoms with Gasteiger partial charge in [0.1, 0.15) is 0 Å². The number of alkyl halides is 1. The number of esters is 1. The molecule has 0 aromatic carbocycles. The molecule has 1 atom stereocenters. The van der Waals surface area contributed by atoms with Crippen LogP contribution in [0.4, 0.5) is 0 Å². The maximum Gasteiger partial charge on any atom is 0.302 e. The Bertz CT molecular complexity index is 99.8. The summed E-state index contributed by atoms with van der Waals surface area (Å²) < 4.78 is 5.90. The average Bonchev–Trinajstić information content (AvgIpc) is 1.90. The fourth-order valence-electron chi connectivity index (χ4n) is 0.507. The lowest BCUT2D eigenvalue weighted by Crippen LogP contribution is -2.12. The highest BCUT2D eigenvalue weighted by molar-refractivity contribution is 14.1. The number of halogens is 1. The first kappa shape index (κ1) is 10.2. The van der Waals surface area contributed by atoms with Crippen LogP contribution in [0.3, 0.4) is 0 Å². The first-order valence-corrected chi connectivity index (χ1v) is 4.92. The van der Waals surface area contributed by atoms with Crippen LogP contribution >= 0.6 is 22.6 Å². The fourth-order valence-corrected chi connectivity index (χ4v) is 1.38. The summed E-state index contributed by atoms with van der Waals surface area (Å²) >= 11 is 2.30. The van der Waals surface area contributed by atoms with Gasteiger partial charge in [0.25, 0.3) is 0 Å². The lowest BCUT2D eigenvalue weighted by molar-refractivity contribution is -0.142. The Kier molecular flexibility index (Phi) is 6.06. The standard InChI is InChI=1S/C7H13IO2/c1-3-7(4-8)5-10-6(2)9/h7H,3-5H2,1-2H3. The number of hydrogen-bond donors (Lipinski definition) is 0. The molecule has 0 aliphatic carbocycles. The van der Waals surface area contributed by atoms with Crippen LogP contribution in [0.1, 0.15) is 20.3 Å². The quantitative estimate of drug-likeness (QED) is 0.437. The minimum absolute atomic E-state index is 0.177. The van der Waals surface area contributed by atoms with E-state index in [4.69, 9.17) is 4.74 Å². The van der Waals surface area contributed by atoms with Gasteiger partial charge in [-0.1, -0.05) is 29.5 Å². The monoisotopic (exact) mass is 256 g/mol. The zero-order valence-corrected chi connectivity index (χ0v) is 8.55. The maximum absolute atomic E-state index is 10.4. The van der Waals surface area contributed by atoms with Crippen LogP contribution in [0.2, 0.25) is 0 Å². The molecule has 3 heteroatoms. The molecule has 0 bridgehead atoms. The molecule has 0 amide bonds. The van der Waals surface area contributed by atoms with Crippen molar-refractivity contribution in [3.05, 3.63) is 0 Å². The molecule has 0 fully saturated rings. The summed E-state index contributed by atoms with van der Waals surface area (Å²) in [7, 11) is 0. The minimum Gasteiger partial charge on any atom is -0.466 e. The van der Waals surface area contributed by atoms with Crippen LogP contribution in [0.25, 0.3) is 0 Å². The molecule has 10 heavy (non-hydrogen) atoms. The molecule has 1 unspecified atom stereocenters. The molecule has 0 radical (unpaired) electrons. The fraction of sp³-hybridized carbons (Fsp3) is 0.857. The van der Waals surface area contributed by atoms with Crippen molar-refractivity contribution >= 4 is 28.6 Å². The molecule has 0 aliphatic rings. The SMILES string of the molecule is CCC(CI)COC(C)=O. The number of ether oxygens (including phenoxy) is 1. The smallest absolute Gasteiger partial charge is 0.302 e. The molecule has 0 aliphatic heterocycles. The topological polar surface area (TPSA) is 26.3 Å². The summed E-state index contributed by atoms with van der Waals surface area (Å²) in [6.45, 7) is 4.13. The van der Waals surface area contributed by atoms with E-state index in [1.54, 1.807) is 0 Å². The van der Waals surface area contributed by atoms with Gasteiger partial charge in [0.2, 0.25) is 0 Å². The van der Waals surface area contributed by atoms with Gasteiger partial charge in [-0.15, -0.1) is 0 Å². The molecule has 0 rings (SSSR count). The highest BCUT2D eigenvalue weighted by Gasteiger charge is 2.04. The van der Waals surface area contributed by atoms with Crippen molar-refractivity contribution in [1.29, 1.82) is 0 Å². The number of hydrogen-bond acceptors (Lipinski definition) is 2. The first-order valence-electron chi connectivity index (χ1n) is 3.40.